The van der Waals surface area contributed by atoms with Crippen LogP contribution in [0.5, 0.6) is 11.5 Å². The van der Waals surface area contributed by atoms with Crippen molar-refractivity contribution in [2.75, 3.05) is 13.7 Å². The molecule has 1 aliphatic heterocycles. The molecule has 2 heterocycles. The van der Waals surface area contributed by atoms with Gasteiger partial charge in [0.05, 0.1) is 18.1 Å². The Morgan fingerprint density at radius 1 is 0.973 bits per heavy atom. The number of hydrogen-bond acceptors (Lipinski definition) is 11. The minimum Gasteiger partial charge on any atom is -0.497 e. The molecule has 0 aliphatic carbocycles. The Balaban J connectivity index is 1.61. The van der Waals surface area contributed by atoms with Crippen molar-refractivity contribution in [3.05, 3.63) is 59.0 Å². The van der Waals surface area contributed by atoms with E-state index in [1.165, 1.54) is 31.4 Å². The summed E-state index contributed by atoms with van der Waals surface area (Å²) in [5, 5.41) is 21.2. The molecule has 2 N–H and O–H groups in total. The van der Waals surface area contributed by atoms with E-state index < -0.39 is 42.6 Å². The molecule has 1 aromatic heterocycles. The summed E-state index contributed by atoms with van der Waals surface area (Å²) in [5.74, 6) is -0.517. The number of methoxy groups -OCH3 is 1. The molecule has 11 nitrogen and oxygen atoms in total. The van der Waals surface area contributed by atoms with Crippen LogP contribution in [0.15, 0.2) is 57.9 Å². The summed E-state index contributed by atoms with van der Waals surface area (Å²) in [4.78, 5) is 35.9. The third kappa shape index (κ3) is 5.74. The third-order valence-electron chi connectivity index (χ3n) is 5.80. The minimum atomic E-state index is -1.59. The lowest BCUT2D eigenvalue weighted by atomic mass is 9.99. The van der Waals surface area contributed by atoms with E-state index >= 15 is 0 Å². The quantitative estimate of drug-likeness (QED) is 0.444. The van der Waals surface area contributed by atoms with Crippen molar-refractivity contribution in [3.63, 3.8) is 0 Å². The highest BCUT2D eigenvalue weighted by Gasteiger charge is 2.48. The smallest absolute Gasteiger partial charge is 0.303 e. The Kier molecular flexibility index (Phi) is 7.77. The number of aliphatic hydroxyl groups excluding tert-OH is 2. The van der Waals surface area contributed by atoms with Crippen LogP contribution in [0.4, 0.5) is 0 Å². The molecule has 0 unspecified atom stereocenters. The summed E-state index contributed by atoms with van der Waals surface area (Å²) < 4.78 is 32.4. The van der Waals surface area contributed by atoms with Gasteiger partial charge in [0.15, 0.2) is 11.5 Å². The highest BCUT2D eigenvalue weighted by molar-refractivity contribution is 5.82. The number of carbonyl (C=O) groups excluding carboxylic acids is 2. The second kappa shape index (κ2) is 11.0. The molecular formula is C26H26O11. The van der Waals surface area contributed by atoms with Crippen LogP contribution in [0, 0.1) is 0 Å². The molecule has 0 radical (unpaired) electrons. The molecule has 4 rings (SSSR count). The van der Waals surface area contributed by atoms with Gasteiger partial charge in [-0.3, -0.25) is 14.4 Å². The largest absolute Gasteiger partial charge is 0.497 e. The van der Waals surface area contributed by atoms with Gasteiger partial charge in [0.25, 0.3) is 0 Å². The number of aliphatic hydroxyl groups is 2. The molecule has 2 aromatic carbocycles. The predicted octanol–water partition coefficient (Wildman–Crippen LogP) is 1.79. The second-order valence-electron chi connectivity index (χ2n) is 8.38. The topological polar surface area (TPSA) is 151 Å². The molecule has 11 heteroatoms. The molecule has 3 aromatic rings. The van der Waals surface area contributed by atoms with Gasteiger partial charge in [0.2, 0.25) is 6.29 Å². The van der Waals surface area contributed by atoms with E-state index in [-0.39, 0.29) is 23.4 Å². The number of hydrogen-bond donors (Lipinski definition) is 2. The molecular weight excluding hydrogens is 488 g/mol. The van der Waals surface area contributed by atoms with Gasteiger partial charge in [0.1, 0.15) is 48.3 Å². The van der Waals surface area contributed by atoms with Gasteiger partial charge in [-0.05, 0) is 29.8 Å². The number of benzene rings is 2. The van der Waals surface area contributed by atoms with E-state index in [0.717, 1.165) is 6.92 Å². The number of ether oxygens (including phenoxy) is 5. The van der Waals surface area contributed by atoms with E-state index in [2.05, 4.69) is 0 Å². The number of esters is 2. The molecule has 1 saturated heterocycles. The van der Waals surface area contributed by atoms with Crippen LogP contribution < -0.4 is 14.9 Å². The Morgan fingerprint density at radius 3 is 2.32 bits per heavy atom. The van der Waals surface area contributed by atoms with Crippen LogP contribution in [0.1, 0.15) is 13.8 Å². The van der Waals surface area contributed by atoms with E-state index in [0.29, 0.717) is 22.3 Å². The van der Waals surface area contributed by atoms with Crippen LogP contribution in [-0.2, 0) is 23.8 Å². The van der Waals surface area contributed by atoms with Crippen molar-refractivity contribution in [2.45, 2.75) is 44.6 Å². The fourth-order valence-electron chi connectivity index (χ4n) is 3.94. The maximum atomic E-state index is 13.1. The van der Waals surface area contributed by atoms with E-state index in [1.54, 1.807) is 31.4 Å². The summed E-state index contributed by atoms with van der Waals surface area (Å²) in [6.07, 6.45) is -5.68. The Labute approximate surface area is 211 Å². The first-order chi connectivity index (χ1) is 17.7. The molecule has 5 atom stereocenters. The Bertz CT molecular complexity index is 1330. The van der Waals surface area contributed by atoms with Crippen molar-refractivity contribution < 1.29 is 47.9 Å². The van der Waals surface area contributed by atoms with E-state index in [4.69, 9.17) is 28.1 Å². The van der Waals surface area contributed by atoms with Crippen molar-refractivity contribution in [1.29, 1.82) is 0 Å². The standard InChI is InChI=1S/C26H26O11/c1-13(27)33-12-21-23(30)24(31)25(35-14(2)28)26(37-21)36-17-8-9-18-20(10-17)34-11-19(22(18)29)15-4-6-16(32-3)7-5-15/h4-11,21,23-26,30-31H,12H2,1-3H3/t21-,23-,24+,25-,26-/m1/s1. The predicted molar refractivity (Wildman–Crippen MR) is 128 cm³/mol. The van der Waals surface area contributed by atoms with Gasteiger partial charge >= 0.3 is 11.9 Å². The maximum absolute atomic E-state index is 13.1. The number of fused-ring (bicyclic) bond motifs is 1. The molecule has 1 fully saturated rings. The Morgan fingerprint density at radius 2 is 1.68 bits per heavy atom. The van der Waals surface area contributed by atoms with Crippen molar-refractivity contribution in [1.82, 2.24) is 0 Å². The van der Waals surface area contributed by atoms with Crippen molar-refractivity contribution in [2.24, 2.45) is 0 Å². The Hall–Kier alpha value is -3.93. The first-order valence-electron chi connectivity index (χ1n) is 11.4. The number of carbonyl (C=O) groups is 2. The zero-order chi connectivity index (χ0) is 26.7. The minimum absolute atomic E-state index is 0.171. The van der Waals surface area contributed by atoms with Gasteiger partial charge in [-0.2, -0.15) is 0 Å². The average Bonchev–Trinajstić information content (AvgIpc) is 2.87. The van der Waals surface area contributed by atoms with E-state index in [1.807, 2.05) is 0 Å². The molecule has 0 bridgehead atoms. The van der Waals surface area contributed by atoms with Gasteiger partial charge in [-0.15, -0.1) is 0 Å². The lowest BCUT2D eigenvalue weighted by Gasteiger charge is -2.41. The lowest BCUT2D eigenvalue weighted by Crippen LogP contribution is -2.61. The molecule has 0 amide bonds. The zero-order valence-electron chi connectivity index (χ0n) is 20.3. The summed E-state index contributed by atoms with van der Waals surface area (Å²) in [7, 11) is 1.55. The van der Waals surface area contributed by atoms with Crippen molar-refractivity contribution >= 4 is 22.9 Å². The summed E-state index contributed by atoms with van der Waals surface area (Å²) in [5.41, 5.74) is 0.976. The van der Waals surface area contributed by atoms with Crippen LogP contribution in [0.3, 0.4) is 0 Å². The normalized spacial score (nSPS) is 23.3. The molecule has 0 spiro atoms. The SMILES string of the molecule is COc1ccc(-c2coc3cc(O[C@@H]4O[C@H](COC(C)=O)[C@@H](O)[C@H](O)[C@H]4OC(C)=O)ccc3c2=O)cc1. The summed E-state index contributed by atoms with van der Waals surface area (Å²) in [6.45, 7) is 1.96. The van der Waals surface area contributed by atoms with Crippen LogP contribution >= 0.6 is 0 Å². The average molecular weight is 514 g/mol. The van der Waals surface area contributed by atoms with Crippen molar-refractivity contribution in [3.8, 4) is 22.6 Å². The fourth-order valence-corrected chi connectivity index (χ4v) is 3.94. The van der Waals surface area contributed by atoms with Crippen LogP contribution in [0.25, 0.3) is 22.1 Å². The third-order valence-corrected chi connectivity index (χ3v) is 5.80. The summed E-state index contributed by atoms with van der Waals surface area (Å²) in [6, 6.07) is 11.4. The monoisotopic (exact) mass is 514 g/mol. The van der Waals surface area contributed by atoms with Gasteiger partial charge in [-0.25, -0.2) is 0 Å². The summed E-state index contributed by atoms with van der Waals surface area (Å²) >= 11 is 0. The van der Waals surface area contributed by atoms with Gasteiger partial charge in [0, 0.05) is 19.9 Å². The van der Waals surface area contributed by atoms with Crippen LogP contribution in [0.2, 0.25) is 0 Å². The first-order valence-corrected chi connectivity index (χ1v) is 11.4. The van der Waals surface area contributed by atoms with Gasteiger partial charge in [-0.1, -0.05) is 12.1 Å². The fraction of sp³-hybridized carbons (Fsp3) is 0.346. The second-order valence-corrected chi connectivity index (χ2v) is 8.38. The molecule has 1 aliphatic rings. The molecule has 0 saturated carbocycles. The highest BCUT2D eigenvalue weighted by atomic mass is 16.7. The maximum Gasteiger partial charge on any atom is 0.303 e. The number of rotatable bonds is 7. The van der Waals surface area contributed by atoms with Gasteiger partial charge < -0.3 is 38.3 Å². The molecule has 196 valence electrons. The zero-order valence-corrected chi connectivity index (χ0v) is 20.3. The lowest BCUT2D eigenvalue weighted by molar-refractivity contribution is -0.282. The van der Waals surface area contributed by atoms with Crippen LogP contribution in [-0.4, -0.2) is 66.6 Å². The molecule has 37 heavy (non-hydrogen) atoms. The first kappa shape index (κ1) is 26.1. The van der Waals surface area contributed by atoms with E-state index in [9.17, 15) is 24.6 Å². The highest BCUT2D eigenvalue weighted by Crippen LogP contribution is 2.29.